The van der Waals surface area contributed by atoms with Gasteiger partial charge in [0, 0.05) is 0 Å². The van der Waals surface area contributed by atoms with Gasteiger partial charge in [0.15, 0.2) is 23.3 Å². The molecule has 3 rings (SSSR count). The Bertz CT molecular complexity index is 1090. The average Bonchev–Trinajstić information content (AvgIpc) is 3.03. The number of aliphatic imine (C=N–C) groups is 1. The Labute approximate surface area is 194 Å². The van der Waals surface area contributed by atoms with Crippen LogP contribution in [0, 0.1) is 0 Å². The molecule has 0 aromatic heterocycles. The number of nitrogens with one attached hydrogen (secondary N) is 1. The van der Waals surface area contributed by atoms with Crippen LogP contribution in [0.15, 0.2) is 44.7 Å². The van der Waals surface area contributed by atoms with Gasteiger partial charge in [-0.1, -0.05) is 29.3 Å². The van der Waals surface area contributed by atoms with Crippen LogP contribution in [0.5, 0.6) is 11.5 Å². The van der Waals surface area contributed by atoms with Crippen molar-refractivity contribution in [2.45, 2.75) is 0 Å². The first-order chi connectivity index (χ1) is 14.3. The quantitative estimate of drug-likeness (QED) is 0.502. The van der Waals surface area contributed by atoms with E-state index in [1.165, 1.54) is 7.11 Å². The summed E-state index contributed by atoms with van der Waals surface area (Å²) >= 11 is 16.6. The Balaban J connectivity index is 1.87. The van der Waals surface area contributed by atoms with E-state index in [0.29, 0.717) is 41.6 Å². The van der Waals surface area contributed by atoms with Crippen LogP contribution in [0.25, 0.3) is 6.08 Å². The van der Waals surface area contributed by atoms with Gasteiger partial charge in [0.1, 0.15) is 0 Å². The van der Waals surface area contributed by atoms with E-state index in [2.05, 4.69) is 26.2 Å². The van der Waals surface area contributed by atoms with Gasteiger partial charge in [-0.05, 0) is 63.6 Å². The topological polar surface area (TPSA) is 97.2 Å². The van der Waals surface area contributed by atoms with Crippen LogP contribution in [0.4, 0.5) is 5.69 Å². The maximum absolute atomic E-state index is 12.3. The minimum absolute atomic E-state index is 0.253. The number of methoxy groups -OCH3 is 1. The Morgan fingerprint density at radius 3 is 2.83 bits per heavy atom. The summed E-state index contributed by atoms with van der Waals surface area (Å²) in [5.41, 5.74) is 1.08. The summed E-state index contributed by atoms with van der Waals surface area (Å²) in [4.78, 5) is 27.8. The van der Waals surface area contributed by atoms with Crippen LogP contribution in [0.1, 0.15) is 5.56 Å². The van der Waals surface area contributed by atoms with Crippen LogP contribution in [0.3, 0.4) is 0 Å². The van der Waals surface area contributed by atoms with E-state index < -0.39 is 12.6 Å². The van der Waals surface area contributed by atoms with Gasteiger partial charge in [0.05, 0.1) is 32.2 Å². The van der Waals surface area contributed by atoms with Crippen molar-refractivity contribution in [3.63, 3.8) is 0 Å². The van der Waals surface area contributed by atoms with Crippen molar-refractivity contribution in [3.8, 4) is 11.5 Å². The van der Waals surface area contributed by atoms with Gasteiger partial charge >= 0.3 is 5.97 Å². The average molecular weight is 532 g/mol. The first kappa shape index (κ1) is 22.5. The molecule has 0 unspecified atom stereocenters. The molecule has 1 fully saturated rings. The number of thioether (sulfide) groups is 1. The van der Waals surface area contributed by atoms with Crippen LogP contribution >= 0.6 is 50.9 Å². The second kappa shape index (κ2) is 9.74. The van der Waals surface area contributed by atoms with Crippen LogP contribution < -0.4 is 14.8 Å². The van der Waals surface area contributed by atoms with E-state index in [4.69, 9.17) is 37.8 Å². The predicted octanol–water partition coefficient (Wildman–Crippen LogP) is 5.12. The Kier molecular flexibility index (Phi) is 7.30. The molecule has 0 aliphatic carbocycles. The summed E-state index contributed by atoms with van der Waals surface area (Å²) in [5.74, 6) is -0.858. The standard InChI is InChI=1S/C19H13BrCl2N2O5S/c1-28-13-6-9(5-10(20)17(13)29-8-15(25)26)7-14-18(27)24-19(30-14)23-12-4-2-3-11(21)16(12)22/h2-7H,8H2,1H3,(H,25,26)(H,23,24,27)/b14-7+. The number of carboxylic acid groups (broad SMARTS) is 1. The van der Waals surface area contributed by atoms with E-state index in [-0.39, 0.29) is 11.7 Å². The summed E-state index contributed by atoms with van der Waals surface area (Å²) in [7, 11) is 1.43. The summed E-state index contributed by atoms with van der Waals surface area (Å²) in [5, 5.41) is 12.5. The number of nitrogens with zero attached hydrogens (tertiary/aromatic N) is 1. The highest BCUT2D eigenvalue weighted by atomic mass is 79.9. The number of aliphatic carboxylic acids is 1. The summed E-state index contributed by atoms with van der Waals surface area (Å²) in [6.45, 7) is -0.514. The lowest BCUT2D eigenvalue weighted by Crippen LogP contribution is -2.19. The van der Waals surface area contributed by atoms with E-state index >= 15 is 0 Å². The van der Waals surface area contributed by atoms with Crippen molar-refractivity contribution in [1.82, 2.24) is 5.32 Å². The van der Waals surface area contributed by atoms with Gasteiger partial charge in [-0.2, -0.15) is 0 Å². The molecule has 2 aromatic rings. The SMILES string of the molecule is COc1cc(/C=C2/SC(=Nc3cccc(Cl)c3Cl)NC2=O)cc(Br)c1OCC(=O)O. The molecule has 2 aromatic carbocycles. The fraction of sp³-hybridized carbons (Fsp3) is 0.105. The van der Waals surface area contributed by atoms with Crippen molar-refractivity contribution in [2.75, 3.05) is 13.7 Å². The third-order valence-corrected chi connectivity index (χ3v) is 6.00. The maximum Gasteiger partial charge on any atom is 0.341 e. The molecule has 1 saturated heterocycles. The van der Waals surface area contributed by atoms with E-state index in [9.17, 15) is 9.59 Å². The number of carboxylic acids is 1. The molecule has 30 heavy (non-hydrogen) atoms. The molecular weight excluding hydrogens is 519 g/mol. The first-order valence-corrected chi connectivity index (χ1v) is 10.6. The lowest BCUT2D eigenvalue weighted by Gasteiger charge is -2.12. The van der Waals surface area contributed by atoms with Gasteiger partial charge in [-0.15, -0.1) is 0 Å². The molecule has 11 heteroatoms. The van der Waals surface area contributed by atoms with Gasteiger partial charge in [-0.3, -0.25) is 4.79 Å². The predicted molar refractivity (Wildman–Crippen MR) is 121 cm³/mol. The molecule has 7 nitrogen and oxygen atoms in total. The number of carbonyl (C=O) groups excluding carboxylic acids is 1. The monoisotopic (exact) mass is 530 g/mol. The molecule has 1 aliphatic rings. The van der Waals surface area contributed by atoms with E-state index in [1.54, 1.807) is 36.4 Å². The zero-order valence-corrected chi connectivity index (χ0v) is 19.2. The van der Waals surface area contributed by atoms with Crippen molar-refractivity contribution >= 4 is 79.7 Å². The maximum atomic E-state index is 12.3. The highest BCUT2D eigenvalue weighted by Crippen LogP contribution is 2.39. The van der Waals surface area contributed by atoms with Crippen molar-refractivity contribution in [3.05, 3.63) is 55.3 Å². The van der Waals surface area contributed by atoms with Crippen molar-refractivity contribution < 1.29 is 24.2 Å². The molecule has 0 saturated carbocycles. The molecule has 1 amide bonds. The summed E-state index contributed by atoms with van der Waals surface area (Å²) in [6, 6.07) is 8.36. The number of ether oxygens (including phenoxy) is 2. The lowest BCUT2D eigenvalue weighted by atomic mass is 10.2. The molecule has 156 valence electrons. The van der Waals surface area contributed by atoms with Crippen LogP contribution in [0.2, 0.25) is 10.0 Å². The number of carbonyl (C=O) groups is 2. The largest absolute Gasteiger partial charge is 0.493 e. The Hall–Kier alpha value is -2.20. The molecule has 0 bridgehead atoms. The number of hydrogen-bond acceptors (Lipinski definition) is 6. The number of benzene rings is 2. The third kappa shape index (κ3) is 5.28. The highest BCUT2D eigenvalue weighted by Gasteiger charge is 2.24. The molecule has 0 atom stereocenters. The molecule has 1 heterocycles. The molecule has 2 N–H and O–H groups in total. The lowest BCUT2D eigenvalue weighted by molar-refractivity contribution is -0.139. The summed E-state index contributed by atoms with van der Waals surface area (Å²) < 4.78 is 11.0. The third-order valence-electron chi connectivity index (χ3n) is 3.69. The van der Waals surface area contributed by atoms with E-state index in [1.807, 2.05) is 0 Å². The zero-order chi connectivity index (χ0) is 21.8. The molecule has 1 aliphatic heterocycles. The first-order valence-electron chi connectivity index (χ1n) is 8.24. The van der Waals surface area contributed by atoms with Crippen LogP contribution in [-0.2, 0) is 9.59 Å². The highest BCUT2D eigenvalue weighted by molar-refractivity contribution is 9.10. The van der Waals surface area contributed by atoms with Crippen molar-refractivity contribution in [2.24, 2.45) is 4.99 Å². The smallest absolute Gasteiger partial charge is 0.341 e. The minimum Gasteiger partial charge on any atom is -0.493 e. The molecular formula is C19H13BrCl2N2O5S. The van der Waals surface area contributed by atoms with Gasteiger partial charge in [-0.25, -0.2) is 9.79 Å². The number of halogens is 3. The number of hydrogen-bond donors (Lipinski definition) is 2. The van der Waals surface area contributed by atoms with Gasteiger partial charge in [0.2, 0.25) is 0 Å². The Morgan fingerprint density at radius 1 is 1.37 bits per heavy atom. The Morgan fingerprint density at radius 2 is 2.13 bits per heavy atom. The van der Waals surface area contributed by atoms with Crippen LogP contribution in [-0.4, -0.2) is 35.9 Å². The number of amidine groups is 1. The number of rotatable bonds is 6. The fourth-order valence-corrected chi connectivity index (χ4v) is 4.16. The molecule has 0 spiro atoms. The minimum atomic E-state index is -1.11. The normalized spacial score (nSPS) is 16.1. The van der Waals surface area contributed by atoms with Gasteiger partial charge in [0.25, 0.3) is 5.91 Å². The van der Waals surface area contributed by atoms with Crippen molar-refractivity contribution in [1.29, 1.82) is 0 Å². The number of amides is 1. The summed E-state index contributed by atoms with van der Waals surface area (Å²) in [6.07, 6.45) is 1.65. The second-order valence-electron chi connectivity index (χ2n) is 5.77. The second-order valence-corrected chi connectivity index (χ2v) is 8.44. The molecule has 0 radical (unpaired) electrons. The van der Waals surface area contributed by atoms with E-state index in [0.717, 1.165) is 11.8 Å². The fourth-order valence-electron chi connectivity index (χ4n) is 2.42. The zero-order valence-electron chi connectivity index (χ0n) is 15.2. The van der Waals surface area contributed by atoms with Gasteiger partial charge < -0.3 is 19.9 Å².